The molecule has 0 spiro atoms. The number of anilines is 1. The first kappa shape index (κ1) is 16.4. The zero-order valence-electron chi connectivity index (χ0n) is 10.9. The fourth-order valence-corrected chi connectivity index (χ4v) is 1.17. The lowest BCUT2D eigenvalue weighted by Gasteiger charge is -2.19. The number of nitrogens with one attached hydrogen (secondary N) is 1. The van der Waals surface area contributed by atoms with E-state index in [0.29, 0.717) is 0 Å². The molecule has 1 N–H and O–H groups in total. The number of hydrogen-bond donors (Lipinski definition) is 1. The monoisotopic (exact) mass is 297 g/mol. The summed E-state index contributed by atoms with van der Waals surface area (Å²) in [6, 6.07) is 0. The molecule has 0 aliphatic heterocycles. The van der Waals surface area contributed by atoms with E-state index < -0.39 is 52.9 Å². The summed E-state index contributed by atoms with van der Waals surface area (Å²) in [4.78, 5) is 11.4. The molecule has 20 heavy (non-hydrogen) atoms. The van der Waals surface area contributed by atoms with Crippen molar-refractivity contribution in [1.82, 2.24) is 0 Å². The van der Waals surface area contributed by atoms with E-state index in [-0.39, 0.29) is 0 Å². The number of ether oxygens (including phenoxy) is 1. The summed E-state index contributed by atoms with van der Waals surface area (Å²) >= 11 is 0. The van der Waals surface area contributed by atoms with Gasteiger partial charge in [-0.3, -0.25) is 4.79 Å². The Balaban J connectivity index is 2.96. The van der Waals surface area contributed by atoms with E-state index >= 15 is 0 Å². The zero-order valence-corrected chi connectivity index (χ0v) is 10.9. The Hall–Kier alpha value is -1.70. The van der Waals surface area contributed by atoms with Crippen molar-refractivity contribution in [3.63, 3.8) is 0 Å². The summed E-state index contributed by atoms with van der Waals surface area (Å²) in [6.45, 7) is 4.28. The van der Waals surface area contributed by atoms with Gasteiger partial charge in [-0.2, -0.15) is 0 Å². The van der Waals surface area contributed by atoms with Crippen LogP contribution in [0.5, 0.6) is 0 Å². The summed E-state index contributed by atoms with van der Waals surface area (Å²) in [6.07, 6.45) is 0. The van der Waals surface area contributed by atoms with Crippen LogP contribution in [0.1, 0.15) is 20.8 Å². The van der Waals surface area contributed by atoms with Gasteiger partial charge in [-0.15, -0.1) is 0 Å². The molecule has 0 saturated carbocycles. The van der Waals surface area contributed by atoms with Crippen LogP contribution in [0.25, 0.3) is 0 Å². The van der Waals surface area contributed by atoms with Crippen LogP contribution in [-0.4, -0.2) is 18.1 Å². The first-order chi connectivity index (χ1) is 9.04. The Labute approximate surface area is 111 Å². The first-order valence-corrected chi connectivity index (χ1v) is 5.50. The van der Waals surface area contributed by atoms with Gasteiger partial charge >= 0.3 is 0 Å². The molecule has 0 atom stereocenters. The summed E-state index contributed by atoms with van der Waals surface area (Å²) in [5, 5.41) is 1.60. The summed E-state index contributed by atoms with van der Waals surface area (Å²) in [7, 11) is 0. The molecule has 0 radical (unpaired) electrons. The van der Waals surface area contributed by atoms with Crippen LogP contribution in [0.15, 0.2) is 0 Å². The highest BCUT2D eigenvalue weighted by Gasteiger charge is 2.27. The number of benzene rings is 1. The second-order valence-electron chi connectivity index (χ2n) is 4.89. The molecule has 3 nitrogen and oxygen atoms in total. The summed E-state index contributed by atoms with van der Waals surface area (Å²) in [5.74, 6) is -11.8. The van der Waals surface area contributed by atoms with Gasteiger partial charge < -0.3 is 10.1 Å². The van der Waals surface area contributed by atoms with E-state index in [0.717, 1.165) is 0 Å². The van der Waals surface area contributed by atoms with Crippen LogP contribution in [0.4, 0.5) is 27.6 Å². The quantitative estimate of drug-likeness (QED) is 0.529. The number of halogens is 5. The molecule has 0 saturated heterocycles. The van der Waals surface area contributed by atoms with E-state index in [4.69, 9.17) is 4.74 Å². The van der Waals surface area contributed by atoms with Gasteiger partial charge in [-0.25, -0.2) is 22.0 Å². The number of carbonyl (C=O) groups excluding carboxylic acids is 1. The molecule has 0 aliphatic rings. The molecule has 1 amide bonds. The van der Waals surface area contributed by atoms with Gasteiger partial charge in [0.15, 0.2) is 23.3 Å². The Bertz CT molecular complexity index is 511. The largest absolute Gasteiger partial charge is 0.366 e. The molecular weight excluding hydrogens is 285 g/mol. The normalized spacial score (nSPS) is 11.6. The molecule has 0 fully saturated rings. The lowest BCUT2D eigenvalue weighted by atomic mass is 10.2. The molecule has 112 valence electrons. The third kappa shape index (κ3) is 3.66. The standard InChI is InChI=1S/C12H12F5NO2/c1-12(2,3)20-4-5(19)18-11-9(16)7(14)6(13)8(15)10(11)17/h4H2,1-3H3,(H,18,19). The maximum absolute atomic E-state index is 13.3. The van der Waals surface area contributed by atoms with Gasteiger partial charge in [0, 0.05) is 0 Å². The summed E-state index contributed by atoms with van der Waals surface area (Å²) < 4.78 is 70.1. The fraction of sp³-hybridized carbons (Fsp3) is 0.417. The lowest BCUT2D eigenvalue weighted by molar-refractivity contribution is -0.125. The third-order valence-corrected chi connectivity index (χ3v) is 2.11. The molecule has 0 heterocycles. The highest BCUT2D eigenvalue weighted by Crippen LogP contribution is 2.27. The number of carbonyl (C=O) groups is 1. The van der Waals surface area contributed by atoms with E-state index in [9.17, 15) is 26.7 Å². The predicted molar refractivity (Wildman–Crippen MR) is 60.6 cm³/mol. The molecule has 0 bridgehead atoms. The van der Waals surface area contributed by atoms with Crippen LogP contribution < -0.4 is 5.32 Å². The number of hydrogen-bond acceptors (Lipinski definition) is 2. The highest BCUT2D eigenvalue weighted by molar-refractivity contribution is 5.92. The molecule has 1 aromatic rings. The van der Waals surface area contributed by atoms with Crippen molar-refractivity contribution in [3.05, 3.63) is 29.1 Å². The van der Waals surface area contributed by atoms with Crippen LogP contribution in [0, 0.1) is 29.1 Å². The third-order valence-electron chi connectivity index (χ3n) is 2.11. The first-order valence-electron chi connectivity index (χ1n) is 5.50. The average molecular weight is 297 g/mol. The Morgan fingerprint density at radius 3 is 1.75 bits per heavy atom. The SMILES string of the molecule is CC(C)(C)OCC(=O)Nc1c(F)c(F)c(F)c(F)c1F. The maximum Gasteiger partial charge on any atom is 0.250 e. The van der Waals surface area contributed by atoms with E-state index in [1.54, 1.807) is 26.1 Å². The molecule has 0 unspecified atom stereocenters. The average Bonchev–Trinajstić information content (AvgIpc) is 2.36. The van der Waals surface area contributed by atoms with Crippen molar-refractivity contribution in [3.8, 4) is 0 Å². The second kappa shape index (κ2) is 5.74. The molecule has 8 heteroatoms. The highest BCUT2D eigenvalue weighted by atomic mass is 19.2. The predicted octanol–water partition coefficient (Wildman–Crippen LogP) is 3.14. The molecule has 1 rings (SSSR count). The maximum atomic E-state index is 13.3. The van der Waals surface area contributed by atoms with Crippen molar-refractivity contribution in [2.24, 2.45) is 0 Å². The Kier molecular flexibility index (Phi) is 4.69. The Morgan fingerprint density at radius 1 is 0.950 bits per heavy atom. The van der Waals surface area contributed by atoms with Crippen molar-refractivity contribution >= 4 is 11.6 Å². The minimum Gasteiger partial charge on any atom is -0.366 e. The van der Waals surface area contributed by atoms with Gasteiger partial charge in [-0.1, -0.05) is 0 Å². The second-order valence-corrected chi connectivity index (χ2v) is 4.89. The van der Waals surface area contributed by atoms with Gasteiger partial charge in [-0.05, 0) is 20.8 Å². The lowest BCUT2D eigenvalue weighted by Crippen LogP contribution is -2.28. The van der Waals surface area contributed by atoms with Gasteiger partial charge in [0.25, 0.3) is 5.91 Å². The molecular formula is C12H12F5NO2. The van der Waals surface area contributed by atoms with Crippen LogP contribution in [-0.2, 0) is 9.53 Å². The minimum absolute atomic E-state index is 0.594. The van der Waals surface area contributed by atoms with Gasteiger partial charge in [0.1, 0.15) is 12.3 Å². The van der Waals surface area contributed by atoms with Gasteiger partial charge in [0.2, 0.25) is 5.82 Å². The van der Waals surface area contributed by atoms with Crippen LogP contribution in [0.2, 0.25) is 0 Å². The smallest absolute Gasteiger partial charge is 0.250 e. The van der Waals surface area contributed by atoms with Crippen LogP contribution >= 0.6 is 0 Å². The number of amides is 1. The van der Waals surface area contributed by atoms with Crippen molar-refractivity contribution < 1.29 is 31.5 Å². The van der Waals surface area contributed by atoms with Crippen molar-refractivity contribution in [2.45, 2.75) is 26.4 Å². The van der Waals surface area contributed by atoms with Gasteiger partial charge in [0.05, 0.1) is 5.60 Å². The minimum atomic E-state index is -2.29. The molecule has 0 aromatic heterocycles. The fourth-order valence-electron chi connectivity index (χ4n) is 1.17. The van der Waals surface area contributed by atoms with E-state index in [1.807, 2.05) is 0 Å². The zero-order chi connectivity index (χ0) is 15.7. The van der Waals surface area contributed by atoms with Crippen molar-refractivity contribution in [1.29, 1.82) is 0 Å². The Morgan fingerprint density at radius 2 is 1.35 bits per heavy atom. The van der Waals surface area contributed by atoms with Crippen molar-refractivity contribution in [2.75, 3.05) is 11.9 Å². The molecule has 1 aromatic carbocycles. The van der Waals surface area contributed by atoms with E-state index in [1.165, 1.54) is 0 Å². The summed E-state index contributed by atoms with van der Waals surface area (Å²) in [5.41, 5.74) is -2.10. The molecule has 0 aliphatic carbocycles. The topological polar surface area (TPSA) is 38.3 Å². The van der Waals surface area contributed by atoms with Crippen LogP contribution in [0.3, 0.4) is 0 Å². The number of rotatable bonds is 3. The van der Waals surface area contributed by atoms with E-state index in [2.05, 4.69) is 0 Å².